The predicted molar refractivity (Wildman–Crippen MR) is 116 cm³/mol. The summed E-state index contributed by atoms with van der Waals surface area (Å²) in [5, 5.41) is 9.12. The molecule has 1 N–H and O–H groups in total. The molecule has 2 aromatic heterocycles. The average molecular weight is 493 g/mol. The van der Waals surface area contributed by atoms with Crippen molar-refractivity contribution in [3.05, 3.63) is 68.0 Å². The van der Waals surface area contributed by atoms with Crippen molar-refractivity contribution in [1.29, 1.82) is 0 Å². The number of carbonyl (C=O) groups is 1. The summed E-state index contributed by atoms with van der Waals surface area (Å²) >= 11 is 16.1. The van der Waals surface area contributed by atoms with Gasteiger partial charge in [-0.1, -0.05) is 23.2 Å². The lowest BCUT2D eigenvalue weighted by atomic mass is 10.0. The number of halogens is 3. The average Bonchev–Trinajstić information content (AvgIpc) is 3.44. The quantitative estimate of drug-likeness (QED) is 0.533. The summed E-state index contributed by atoms with van der Waals surface area (Å²) in [6.45, 7) is 1.94. The summed E-state index contributed by atoms with van der Waals surface area (Å²) in [7, 11) is 0. The number of hydrogen-bond donors (Lipinski definition) is 1. The van der Waals surface area contributed by atoms with E-state index in [1.54, 1.807) is 29.1 Å². The summed E-state index contributed by atoms with van der Waals surface area (Å²) in [4.78, 5) is 19.7. The highest BCUT2D eigenvalue weighted by Gasteiger charge is 2.44. The van der Waals surface area contributed by atoms with Crippen LogP contribution in [0.25, 0.3) is 5.82 Å². The van der Waals surface area contributed by atoms with E-state index < -0.39 is 6.17 Å². The summed E-state index contributed by atoms with van der Waals surface area (Å²) < 4.78 is 2.32. The normalized spacial score (nSPS) is 18.6. The fourth-order valence-corrected chi connectivity index (χ4v) is 4.64. The minimum Gasteiger partial charge on any atom is -0.359 e. The fourth-order valence-electron chi connectivity index (χ4n) is 3.77. The minimum atomic E-state index is -0.403. The third kappa shape index (κ3) is 3.21. The Morgan fingerprint density at radius 2 is 2.03 bits per heavy atom. The van der Waals surface area contributed by atoms with Gasteiger partial charge in [-0.3, -0.25) is 4.79 Å². The van der Waals surface area contributed by atoms with Crippen LogP contribution in [0.3, 0.4) is 0 Å². The number of pyridine rings is 1. The van der Waals surface area contributed by atoms with E-state index in [4.69, 9.17) is 23.2 Å². The van der Waals surface area contributed by atoms with Gasteiger partial charge in [0.25, 0.3) is 5.91 Å². The number of hydrogen-bond acceptors (Lipinski definition) is 4. The lowest BCUT2D eigenvalue weighted by Gasteiger charge is -2.39. The number of nitrogens with one attached hydrogen (secondary N) is 1. The number of nitrogens with zero attached hydrogens (tertiary/aromatic N) is 4. The second-order valence-corrected chi connectivity index (χ2v) is 8.90. The first-order valence-electron chi connectivity index (χ1n) is 9.19. The van der Waals surface area contributed by atoms with Crippen LogP contribution in [0, 0.1) is 6.92 Å². The first-order chi connectivity index (χ1) is 13.9. The summed E-state index contributed by atoms with van der Waals surface area (Å²) in [5.41, 5.74) is 3.08. The number of anilines is 1. The van der Waals surface area contributed by atoms with Crippen molar-refractivity contribution in [3.63, 3.8) is 0 Å². The van der Waals surface area contributed by atoms with Gasteiger partial charge in [0.2, 0.25) is 0 Å². The zero-order chi connectivity index (χ0) is 20.3. The van der Waals surface area contributed by atoms with Crippen LogP contribution in [0.5, 0.6) is 0 Å². The summed E-state index contributed by atoms with van der Waals surface area (Å²) in [6.07, 6.45) is 3.20. The van der Waals surface area contributed by atoms with Gasteiger partial charge in [-0.05, 0) is 71.6 Å². The SMILES string of the molecule is Cc1cc(Cl)cc2c1NC(c1cc(Br)nn1-c1ncccc1Cl)N(C1CC1)C2=O. The van der Waals surface area contributed by atoms with E-state index in [1.807, 2.05) is 24.0 Å². The van der Waals surface area contributed by atoms with Crippen molar-refractivity contribution >= 4 is 50.7 Å². The van der Waals surface area contributed by atoms with E-state index in [1.165, 1.54) is 0 Å². The second kappa shape index (κ2) is 7.00. The molecule has 2 aliphatic rings. The zero-order valence-electron chi connectivity index (χ0n) is 15.4. The number of aryl methyl sites for hydroxylation is 1. The zero-order valence-corrected chi connectivity index (χ0v) is 18.5. The lowest BCUT2D eigenvalue weighted by molar-refractivity contribution is 0.0660. The molecule has 0 spiro atoms. The van der Waals surface area contributed by atoms with E-state index in [0.717, 1.165) is 29.8 Å². The molecular formula is C20H16BrCl2N5O. The molecule has 9 heteroatoms. The van der Waals surface area contributed by atoms with Gasteiger partial charge in [-0.15, -0.1) is 0 Å². The molecule has 1 unspecified atom stereocenters. The number of aromatic nitrogens is 3. The van der Waals surface area contributed by atoms with E-state index in [-0.39, 0.29) is 11.9 Å². The maximum Gasteiger partial charge on any atom is 0.258 e. The number of rotatable bonds is 3. The van der Waals surface area contributed by atoms with Gasteiger partial charge in [0.1, 0.15) is 10.8 Å². The molecule has 5 rings (SSSR count). The number of fused-ring (bicyclic) bond motifs is 1. The number of amides is 1. The molecule has 3 heterocycles. The highest BCUT2D eigenvalue weighted by atomic mass is 79.9. The van der Waals surface area contributed by atoms with Gasteiger partial charge in [0, 0.05) is 17.3 Å². The van der Waals surface area contributed by atoms with E-state index in [9.17, 15) is 4.79 Å². The smallest absolute Gasteiger partial charge is 0.258 e. The van der Waals surface area contributed by atoms with Crippen molar-refractivity contribution < 1.29 is 4.79 Å². The third-order valence-electron chi connectivity index (χ3n) is 5.19. The number of benzene rings is 1. The maximum atomic E-state index is 13.5. The van der Waals surface area contributed by atoms with Crippen LogP contribution < -0.4 is 5.32 Å². The van der Waals surface area contributed by atoms with Crippen LogP contribution in [0.1, 0.15) is 40.6 Å². The Morgan fingerprint density at radius 3 is 2.76 bits per heavy atom. The molecular weight excluding hydrogens is 477 g/mol. The topological polar surface area (TPSA) is 63.1 Å². The van der Waals surface area contributed by atoms with Crippen molar-refractivity contribution in [2.75, 3.05) is 5.32 Å². The summed E-state index contributed by atoms with van der Waals surface area (Å²) in [5.74, 6) is 0.478. The Labute approximate surface area is 185 Å². The fraction of sp³-hybridized carbons (Fsp3) is 0.250. The van der Waals surface area contributed by atoms with E-state index in [2.05, 4.69) is 31.3 Å². The maximum absolute atomic E-state index is 13.5. The molecule has 1 fully saturated rings. The van der Waals surface area contributed by atoms with Crippen LogP contribution >= 0.6 is 39.1 Å². The Bertz CT molecular complexity index is 1140. The number of carbonyl (C=O) groups excluding carboxylic acids is 1. The van der Waals surface area contributed by atoms with Crippen LogP contribution in [0.4, 0.5) is 5.69 Å². The van der Waals surface area contributed by atoms with Crippen molar-refractivity contribution in [1.82, 2.24) is 19.7 Å². The second-order valence-electron chi connectivity index (χ2n) is 7.25. The van der Waals surface area contributed by atoms with Crippen LogP contribution in [0.2, 0.25) is 10.0 Å². The molecule has 148 valence electrons. The molecule has 0 saturated heterocycles. The molecule has 1 aliphatic heterocycles. The Balaban J connectivity index is 1.68. The molecule has 1 saturated carbocycles. The Hall–Kier alpha value is -2.09. The van der Waals surface area contributed by atoms with Crippen LogP contribution in [-0.2, 0) is 0 Å². The van der Waals surface area contributed by atoms with Crippen molar-refractivity contribution in [3.8, 4) is 5.82 Å². The van der Waals surface area contributed by atoms with Gasteiger partial charge in [-0.25, -0.2) is 9.67 Å². The Morgan fingerprint density at radius 1 is 1.24 bits per heavy atom. The molecule has 3 aromatic rings. The van der Waals surface area contributed by atoms with Crippen molar-refractivity contribution in [2.24, 2.45) is 0 Å². The predicted octanol–water partition coefficient (Wildman–Crippen LogP) is 5.37. The summed E-state index contributed by atoms with van der Waals surface area (Å²) in [6, 6.07) is 9.19. The lowest BCUT2D eigenvalue weighted by Crippen LogP contribution is -2.45. The molecule has 1 aliphatic carbocycles. The van der Waals surface area contributed by atoms with Gasteiger partial charge < -0.3 is 10.2 Å². The molecule has 1 aromatic carbocycles. The first-order valence-corrected chi connectivity index (χ1v) is 10.7. The highest BCUT2D eigenvalue weighted by Crippen LogP contribution is 2.43. The molecule has 0 radical (unpaired) electrons. The molecule has 6 nitrogen and oxygen atoms in total. The third-order valence-corrected chi connectivity index (χ3v) is 6.09. The highest BCUT2D eigenvalue weighted by molar-refractivity contribution is 9.10. The minimum absolute atomic E-state index is 0.0344. The molecule has 29 heavy (non-hydrogen) atoms. The molecule has 1 amide bonds. The molecule has 0 bridgehead atoms. The van der Waals surface area contributed by atoms with E-state index >= 15 is 0 Å². The van der Waals surface area contributed by atoms with E-state index in [0.29, 0.717) is 26.0 Å². The van der Waals surface area contributed by atoms with Gasteiger partial charge >= 0.3 is 0 Å². The molecule has 1 atom stereocenters. The monoisotopic (exact) mass is 491 g/mol. The Kier molecular flexibility index (Phi) is 4.57. The van der Waals surface area contributed by atoms with Crippen LogP contribution in [-0.4, -0.2) is 31.6 Å². The largest absolute Gasteiger partial charge is 0.359 e. The van der Waals surface area contributed by atoms with Gasteiger partial charge in [0.05, 0.1) is 22.0 Å². The van der Waals surface area contributed by atoms with Crippen molar-refractivity contribution in [2.45, 2.75) is 32.0 Å². The standard InChI is InChI=1S/C20H16BrCl2N5O/c1-10-7-11(22)8-13-17(10)25-19(27(20(13)29)12-4-5-12)15-9-16(21)26-28(15)18-14(23)3-2-6-24-18/h2-3,6-9,12,19,25H,4-5H2,1H3. The first kappa shape index (κ1) is 18.9. The van der Waals surface area contributed by atoms with Gasteiger partial charge in [-0.2, -0.15) is 5.10 Å². The van der Waals surface area contributed by atoms with Crippen LogP contribution in [0.15, 0.2) is 41.1 Å². The van der Waals surface area contributed by atoms with Gasteiger partial charge in [0.15, 0.2) is 5.82 Å².